The second kappa shape index (κ2) is 11.8. The van der Waals surface area contributed by atoms with Gasteiger partial charge < -0.3 is 5.11 Å². The number of rotatable bonds is 5. The molecule has 0 unspecified atom stereocenters. The number of halogens is 3. The van der Waals surface area contributed by atoms with E-state index >= 15 is 4.79 Å². The second-order valence-corrected chi connectivity index (χ2v) is 14.6. The molecule has 2 aliphatic heterocycles. The number of fused-ring (bicyclic) bond motifs is 4. The maximum atomic E-state index is 15.1. The van der Waals surface area contributed by atoms with Crippen molar-refractivity contribution >= 4 is 69.2 Å². The molecule has 2 saturated heterocycles. The molecule has 8 nitrogen and oxygen atoms in total. The van der Waals surface area contributed by atoms with E-state index in [1.165, 1.54) is 35.2 Å². The number of hydrazine groups is 1. The number of amides is 4. The van der Waals surface area contributed by atoms with Gasteiger partial charge in [-0.15, -0.1) is 0 Å². The molecule has 0 radical (unpaired) electrons. The third-order valence-corrected chi connectivity index (χ3v) is 11.6. The van der Waals surface area contributed by atoms with Crippen LogP contribution in [0.2, 0.25) is 5.02 Å². The highest BCUT2D eigenvalue weighted by molar-refractivity contribution is 14.1. The Morgan fingerprint density at radius 2 is 1.53 bits per heavy atom. The molecule has 0 spiro atoms. The fourth-order valence-corrected chi connectivity index (χ4v) is 9.06. The molecule has 4 aromatic rings. The monoisotopic (exact) mass is 787 g/mol. The highest BCUT2D eigenvalue weighted by Gasteiger charge is 2.70. The molecular formula is C38H28ClFIN3O5. The van der Waals surface area contributed by atoms with Crippen LogP contribution in [-0.2, 0) is 24.6 Å². The lowest BCUT2D eigenvalue weighted by molar-refractivity contribution is -0.138. The van der Waals surface area contributed by atoms with Gasteiger partial charge >= 0.3 is 0 Å². The molecule has 2 aliphatic carbocycles. The maximum absolute atomic E-state index is 15.1. The second-order valence-electron chi connectivity index (χ2n) is 12.9. The first kappa shape index (κ1) is 31.7. The summed E-state index contributed by atoms with van der Waals surface area (Å²) in [6.07, 6.45) is 2.30. The van der Waals surface area contributed by atoms with Crippen molar-refractivity contribution in [1.82, 2.24) is 5.01 Å². The summed E-state index contributed by atoms with van der Waals surface area (Å²) in [7, 11) is 0. The zero-order valence-electron chi connectivity index (χ0n) is 25.7. The predicted molar refractivity (Wildman–Crippen MR) is 189 cm³/mol. The molecular weight excluding hydrogens is 760 g/mol. The van der Waals surface area contributed by atoms with Crippen molar-refractivity contribution in [1.29, 1.82) is 0 Å². The molecule has 1 saturated carbocycles. The molecule has 4 aliphatic rings. The minimum atomic E-state index is -1.57. The Balaban J connectivity index is 1.32. The Kier molecular flexibility index (Phi) is 7.64. The largest absolute Gasteiger partial charge is 0.508 e. The Bertz CT molecular complexity index is 2070. The van der Waals surface area contributed by atoms with Crippen LogP contribution in [0.15, 0.2) is 109 Å². The van der Waals surface area contributed by atoms with Crippen LogP contribution in [0.4, 0.5) is 15.8 Å². The van der Waals surface area contributed by atoms with E-state index in [-0.39, 0.29) is 30.4 Å². The molecule has 2 heterocycles. The molecule has 3 fully saturated rings. The first-order valence-electron chi connectivity index (χ1n) is 15.9. The number of hydrogen-bond donors (Lipinski definition) is 2. The molecule has 4 aromatic carbocycles. The van der Waals surface area contributed by atoms with Crippen LogP contribution in [0.25, 0.3) is 0 Å². The first-order chi connectivity index (χ1) is 23.6. The van der Waals surface area contributed by atoms with Crippen molar-refractivity contribution in [2.75, 3.05) is 10.3 Å². The molecule has 49 heavy (non-hydrogen) atoms. The minimum absolute atomic E-state index is 0.0669. The Hall–Kier alpha value is -4.55. The van der Waals surface area contributed by atoms with E-state index < -0.39 is 52.6 Å². The van der Waals surface area contributed by atoms with Crippen molar-refractivity contribution in [3.63, 3.8) is 0 Å². The maximum Gasteiger partial charge on any atom is 0.260 e. The van der Waals surface area contributed by atoms with E-state index in [4.69, 9.17) is 11.6 Å². The summed E-state index contributed by atoms with van der Waals surface area (Å²) in [5.41, 5.74) is 3.84. The number of nitrogens with zero attached hydrogens (tertiary/aromatic N) is 2. The van der Waals surface area contributed by atoms with Crippen molar-refractivity contribution in [3.8, 4) is 5.75 Å². The van der Waals surface area contributed by atoms with Crippen molar-refractivity contribution in [2.45, 2.75) is 24.2 Å². The summed E-state index contributed by atoms with van der Waals surface area (Å²) in [5.74, 6) is -6.16. The van der Waals surface area contributed by atoms with E-state index in [0.717, 1.165) is 14.2 Å². The van der Waals surface area contributed by atoms with E-state index in [1.54, 1.807) is 54.6 Å². The Labute approximate surface area is 299 Å². The van der Waals surface area contributed by atoms with Gasteiger partial charge in [-0.25, -0.2) is 4.39 Å². The van der Waals surface area contributed by atoms with Crippen LogP contribution >= 0.6 is 34.2 Å². The summed E-state index contributed by atoms with van der Waals surface area (Å²) in [6.45, 7) is 0. The lowest BCUT2D eigenvalue weighted by Gasteiger charge is -2.50. The zero-order chi connectivity index (χ0) is 34.2. The quantitative estimate of drug-likeness (QED) is 0.129. The van der Waals surface area contributed by atoms with Gasteiger partial charge in [-0.3, -0.25) is 29.5 Å². The lowest BCUT2D eigenvalue weighted by atomic mass is 9.49. The van der Waals surface area contributed by atoms with Gasteiger partial charge in [0, 0.05) is 20.1 Å². The number of benzene rings is 4. The van der Waals surface area contributed by atoms with Crippen LogP contribution in [0.5, 0.6) is 5.75 Å². The normalized spacial score (nSPS) is 27.5. The highest BCUT2D eigenvalue weighted by Crippen LogP contribution is 2.65. The minimum Gasteiger partial charge on any atom is -0.508 e. The molecule has 6 atom stereocenters. The van der Waals surface area contributed by atoms with Gasteiger partial charge in [-0.1, -0.05) is 53.6 Å². The van der Waals surface area contributed by atoms with E-state index in [2.05, 4.69) is 28.0 Å². The molecule has 2 N–H and O–H groups in total. The van der Waals surface area contributed by atoms with Crippen molar-refractivity contribution in [3.05, 3.63) is 134 Å². The smallest absolute Gasteiger partial charge is 0.260 e. The van der Waals surface area contributed by atoms with Gasteiger partial charge in [0.05, 0.1) is 34.5 Å². The number of anilines is 2. The van der Waals surface area contributed by atoms with Crippen molar-refractivity contribution in [2.24, 2.45) is 23.7 Å². The van der Waals surface area contributed by atoms with Crippen LogP contribution in [0.3, 0.4) is 0 Å². The number of carbonyl (C=O) groups is 4. The standard InChI is InChI=1S/C38H28ClFIN3O5/c39-21-7-5-20(6-8-21)38-30(35(47)44(37(38)49)42-24-13-9-22(40)10-14-24)19-29-26(33(38)27-3-1-2-4-31(27)45)17-18-28-32(29)36(48)43(34(28)46)25-15-11-23(41)12-16-25/h1-17,28-30,32-33,42,45H,18-19H2/t28-,29+,30-,32-,33+,38+/m0/s1. The summed E-state index contributed by atoms with van der Waals surface area (Å²) < 4.78 is 14.8. The molecule has 4 amide bonds. The topological polar surface area (TPSA) is 107 Å². The summed E-state index contributed by atoms with van der Waals surface area (Å²) in [4.78, 5) is 59.3. The first-order valence-corrected chi connectivity index (χ1v) is 17.3. The molecule has 0 bridgehead atoms. The number of phenols is 1. The average Bonchev–Trinajstić information content (AvgIpc) is 3.48. The number of hydrogen-bond acceptors (Lipinski definition) is 6. The highest BCUT2D eigenvalue weighted by atomic mass is 127. The number of nitrogens with one attached hydrogen (secondary N) is 1. The number of imide groups is 2. The SMILES string of the molecule is O=C1[C@@H]2C[C@@H]3C(=CC[C@@H]4C(=O)N(c5ccc(I)cc5)C(=O)[C@@H]43)[C@H](c3ccccc3O)[C@]2(c2ccc(Cl)cc2)C(=O)N1Nc1ccc(F)cc1. The van der Waals surface area contributed by atoms with Crippen LogP contribution in [-0.4, -0.2) is 33.7 Å². The van der Waals surface area contributed by atoms with Gasteiger partial charge in [0.1, 0.15) is 11.6 Å². The van der Waals surface area contributed by atoms with Crippen LogP contribution in [0.1, 0.15) is 29.9 Å². The van der Waals surface area contributed by atoms with Gasteiger partial charge in [0.25, 0.3) is 11.8 Å². The number of para-hydroxylation sites is 1. The summed E-state index contributed by atoms with van der Waals surface area (Å²) >= 11 is 8.49. The van der Waals surface area contributed by atoms with E-state index in [1.807, 2.05) is 18.2 Å². The number of phenolic OH excluding ortho intramolecular Hbond substituents is 1. The lowest BCUT2D eigenvalue weighted by Crippen LogP contribution is -2.53. The Morgan fingerprint density at radius 1 is 0.837 bits per heavy atom. The van der Waals surface area contributed by atoms with Gasteiger partial charge in [-0.05, 0) is 114 Å². The zero-order valence-corrected chi connectivity index (χ0v) is 28.6. The van der Waals surface area contributed by atoms with Crippen molar-refractivity contribution < 1.29 is 28.7 Å². The van der Waals surface area contributed by atoms with E-state index in [0.29, 0.717) is 27.5 Å². The average molecular weight is 788 g/mol. The van der Waals surface area contributed by atoms with Crippen LogP contribution in [0, 0.1) is 33.1 Å². The van der Waals surface area contributed by atoms with E-state index in [9.17, 15) is 23.9 Å². The molecule has 11 heteroatoms. The molecule has 246 valence electrons. The molecule has 8 rings (SSSR count). The van der Waals surface area contributed by atoms with Crippen LogP contribution < -0.4 is 10.3 Å². The number of aromatic hydroxyl groups is 1. The fraction of sp³-hybridized carbons (Fsp3) is 0.211. The third kappa shape index (κ3) is 4.74. The predicted octanol–water partition coefficient (Wildman–Crippen LogP) is 6.98. The third-order valence-electron chi connectivity index (χ3n) is 10.6. The molecule has 0 aromatic heterocycles. The fourth-order valence-electron chi connectivity index (χ4n) is 8.58. The van der Waals surface area contributed by atoms with Gasteiger partial charge in [-0.2, -0.15) is 5.01 Å². The summed E-state index contributed by atoms with van der Waals surface area (Å²) in [6, 6.07) is 26.0. The van der Waals surface area contributed by atoms with Gasteiger partial charge in [0.15, 0.2) is 0 Å². The number of carbonyl (C=O) groups excluding carboxylic acids is 4. The number of allylic oxidation sites excluding steroid dienone is 2. The van der Waals surface area contributed by atoms with Gasteiger partial charge in [0.2, 0.25) is 11.8 Å². The summed E-state index contributed by atoms with van der Waals surface area (Å²) in [5, 5.41) is 12.8. The Morgan fingerprint density at radius 3 is 2.22 bits per heavy atom.